The maximum absolute atomic E-state index is 10.8. The van der Waals surface area contributed by atoms with Gasteiger partial charge in [-0.1, -0.05) is 11.6 Å². The highest BCUT2D eigenvalue weighted by Gasteiger charge is 2.16. The Balaban J connectivity index is 2.54. The van der Waals surface area contributed by atoms with E-state index >= 15 is 0 Å². The molecule has 1 aromatic heterocycles. The van der Waals surface area contributed by atoms with E-state index in [2.05, 4.69) is 9.72 Å². The summed E-state index contributed by atoms with van der Waals surface area (Å²) in [6.45, 7) is 0. The summed E-state index contributed by atoms with van der Waals surface area (Å²) < 4.78 is 4.75. The van der Waals surface area contributed by atoms with Gasteiger partial charge in [-0.15, -0.1) is 11.3 Å². The van der Waals surface area contributed by atoms with Gasteiger partial charge in [0.2, 0.25) is 0 Å². The van der Waals surface area contributed by atoms with Crippen LogP contribution in [0.1, 0.15) is 4.88 Å². The fourth-order valence-corrected chi connectivity index (χ4v) is 1.80. The average molecular weight is 222 g/mol. The molecule has 72 valence electrons. The van der Waals surface area contributed by atoms with Gasteiger partial charge < -0.3 is 9.84 Å². The Hall–Kier alpha value is -0.650. The van der Waals surface area contributed by atoms with E-state index in [1.807, 2.05) is 0 Å². The molecule has 1 N–H and O–H groups in total. The smallest absolute Gasteiger partial charge is 0.335 e. The Labute approximate surface area is 84.1 Å². The molecule has 0 saturated heterocycles. The van der Waals surface area contributed by atoms with Crippen molar-refractivity contribution >= 4 is 28.9 Å². The summed E-state index contributed by atoms with van der Waals surface area (Å²) in [5.41, 5.74) is 0. The summed E-state index contributed by atoms with van der Waals surface area (Å²) in [7, 11) is 1.23. The maximum atomic E-state index is 10.8. The summed E-state index contributed by atoms with van der Waals surface area (Å²) in [6, 6.07) is 0. The molecule has 0 aliphatic rings. The van der Waals surface area contributed by atoms with E-state index in [9.17, 15) is 9.90 Å². The Bertz CT molecular complexity index is 302. The number of hydrogen-bond acceptors (Lipinski definition) is 5. The van der Waals surface area contributed by atoms with Crippen LogP contribution in [0, 0.1) is 0 Å². The van der Waals surface area contributed by atoms with Gasteiger partial charge >= 0.3 is 5.97 Å². The SMILES string of the molecule is COC(=O)C(O)Cc1cnc(Cl)s1. The maximum Gasteiger partial charge on any atom is 0.335 e. The fraction of sp³-hybridized carbons (Fsp3) is 0.429. The normalized spacial score (nSPS) is 12.5. The molecule has 0 amide bonds. The first kappa shape index (κ1) is 10.4. The number of hydrogen-bond donors (Lipinski definition) is 1. The van der Waals surface area contributed by atoms with Crippen LogP contribution in [0.3, 0.4) is 0 Å². The predicted molar refractivity (Wildman–Crippen MR) is 48.9 cm³/mol. The van der Waals surface area contributed by atoms with Crippen LogP contribution in [0.4, 0.5) is 0 Å². The molecule has 0 spiro atoms. The fourth-order valence-electron chi connectivity index (χ4n) is 0.788. The van der Waals surface area contributed by atoms with E-state index in [1.165, 1.54) is 24.6 Å². The molecule has 6 heteroatoms. The van der Waals surface area contributed by atoms with Gasteiger partial charge in [-0.3, -0.25) is 0 Å². The van der Waals surface area contributed by atoms with Gasteiger partial charge in [-0.05, 0) is 0 Å². The van der Waals surface area contributed by atoms with Crippen molar-refractivity contribution in [1.82, 2.24) is 4.98 Å². The molecule has 1 rings (SSSR count). The number of esters is 1. The number of thiazole rings is 1. The Morgan fingerprint density at radius 1 is 1.92 bits per heavy atom. The number of rotatable bonds is 3. The van der Waals surface area contributed by atoms with Gasteiger partial charge in [0, 0.05) is 17.5 Å². The summed E-state index contributed by atoms with van der Waals surface area (Å²) in [6.07, 6.45) is 0.581. The number of ether oxygens (including phenoxy) is 1. The van der Waals surface area contributed by atoms with Crippen LogP contribution in [-0.2, 0) is 16.0 Å². The molecule has 1 unspecified atom stereocenters. The van der Waals surface area contributed by atoms with Crippen LogP contribution < -0.4 is 0 Å². The molecule has 1 heterocycles. The van der Waals surface area contributed by atoms with Gasteiger partial charge in [0.05, 0.1) is 7.11 Å². The lowest BCUT2D eigenvalue weighted by atomic mass is 10.2. The molecule has 0 aromatic carbocycles. The van der Waals surface area contributed by atoms with E-state index in [0.717, 1.165) is 4.88 Å². The first-order chi connectivity index (χ1) is 6.13. The third-order valence-corrected chi connectivity index (χ3v) is 2.53. The van der Waals surface area contributed by atoms with Crippen LogP contribution in [0.5, 0.6) is 0 Å². The van der Waals surface area contributed by atoms with Gasteiger partial charge in [0.1, 0.15) is 0 Å². The number of halogens is 1. The third kappa shape index (κ3) is 2.95. The number of nitrogens with zero attached hydrogens (tertiary/aromatic N) is 1. The second kappa shape index (κ2) is 4.55. The average Bonchev–Trinajstić information content (AvgIpc) is 2.49. The zero-order valence-corrected chi connectivity index (χ0v) is 8.43. The molecule has 13 heavy (non-hydrogen) atoms. The Kier molecular flexibility index (Phi) is 3.65. The number of aliphatic hydroxyl groups excluding tert-OH is 1. The van der Waals surface area contributed by atoms with Crippen LogP contribution in [0.15, 0.2) is 6.20 Å². The van der Waals surface area contributed by atoms with Crippen molar-refractivity contribution in [2.24, 2.45) is 0 Å². The molecule has 0 aliphatic carbocycles. The van der Waals surface area contributed by atoms with E-state index < -0.39 is 12.1 Å². The summed E-state index contributed by atoms with van der Waals surface area (Å²) in [5, 5.41) is 9.24. The Morgan fingerprint density at radius 3 is 3.08 bits per heavy atom. The van der Waals surface area contributed by atoms with Crippen LogP contribution in [-0.4, -0.2) is 29.3 Å². The van der Waals surface area contributed by atoms with Crippen molar-refractivity contribution in [3.05, 3.63) is 15.5 Å². The van der Waals surface area contributed by atoms with E-state index in [-0.39, 0.29) is 6.42 Å². The molecule has 0 bridgehead atoms. The Morgan fingerprint density at radius 2 is 2.62 bits per heavy atom. The number of aromatic nitrogens is 1. The molecule has 0 aliphatic heterocycles. The zero-order chi connectivity index (χ0) is 9.84. The minimum atomic E-state index is -1.14. The van der Waals surface area contributed by atoms with Gasteiger partial charge in [0.25, 0.3) is 0 Å². The van der Waals surface area contributed by atoms with Gasteiger partial charge in [-0.2, -0.15) is 0 Å². The predicted octanol–water partition coefficient (Wildman–Crippen LogP) is 0.873. The lowest BCUT2D eigenvalue weighted by Crippen LogP contribution is -2.23. The number of aliphatic hydroxyl groups is 1. The molecular weight excluding hydrogens is 214 g/mol. The largest absolute Gasteiger partial charge is 0.467 e. The highest BCUT2D eigenvalue weighted by Crippen LogP contribution is 2.19. The lowest BCUT2D eigenvalue weighted by molar-refractivity contribution is -0.150. The summed E-state index contributed by atoms with van der Waals surface area (Å²) >= 11 is 6.80. The second-order valence-electron chi connectivity index (χ2n) is 2.32. The number of carbonyl (C=O) groups excluding carboxylic acids is 1. The molecule has 1 atom stereocenters. The van der Waals surface area contributed by atoms with Crippen LogP contribution >= 0.6 is 22.9 Å². The summed E-state index contributed by atoms with van der Waals surface area (Å²) in [4.78, 5) is 15.3. The topological polar surface area (TPSA) is 59.4 Å². The monoisotopic (exact) mass is 221 g/mol. The first-order valence-electron chi connectivity index (χ1n) is 3.49. The lowest BCUT2D eigenvalue weighted by Gasteiger charge is -2.04. The van der Waals surface area contributed by atoms with Crippen molar-refractivity contribution in [1.29, 1.82) is 0 Å². The molecule has 0 fully saturated rings. The van der Waals surface area contributed by atoms with E-state index in [0.29, 0.717) is 4.47 Å². The standard InChI is InChI=1S/C7H8ClNO3S/c1-12-6(11)5(10)2-4-3-9-7(8)13-4/h3,5,10H,2H2,1H3. The number of methoxy groups -OCH3 is 1. The van der Waals surface area contributed by atoms with Gasteiger partial charge in [-0.25, -0.2) is 9.78 Å². The quantitative estimate of drug-likeness (QED) is 0.770. The van der Waals surface area contributed by atoms with Gasteiger partial charge in [0.15, 0.2) is 10.6 Å². The van der Waals surface area contributed by atoms with Crippen molar-refractivity contribution in [2.45, 2.75) is 12.5 Å². The zero-order valence-electron chi connectivity index (χ0n) is 6.86. The highest BCUT2D eigenvalue weighted by molar-refractivity contribution is 7.15. The van der Waals surface area contributed by atoms with Crippen molar-refractivity contribution in [3.8, 4) is 0 Å². The van der Waals surface area contributed by atoms with Crippen LogP contribution in [0.2, 0.25) is 4.47 Å². The number of carbonyl (C=O) groups is 1. The van der Waals surface area contributed by atoms with Crippen molar-refractivity contribution in [2.75, 3.05) is 7.11 Å². The minimum absolute atomic E-state index is 0.192. The van der Waals surface area contributed by atoms with Crippen LogP contribution in [0.25, 0.3) is 0 Å². The second-order valence-corrected chi connectivity index (χ2v) is 4.02. The van der Waals surface area contributed by atoms with Crippen molar-refractivity contribution in [3.63, 3.8) is 0 Å². The summed E-state index contributed by atoms with van der Waals surface area (Å²) in [5.74, 6) is -0.649. The van der Waals surface area contributed by atoms with Crippen molar-refractivity contribution < 1.29 is 14.6 Å². The minimum Gasteiger partial charge on any atom is -0.467 e. The highest BCUT2D eigenvalue weighted by atomic mass is 35.5. The molecule has 4 nitrogen and oxygen atoms in total. The molecule has 1 aromatic rings. The molecule has 0 saturated carbocycles. The molecule has 0 radical (unpaired) electrons. The van der Waals surface area contributed by atoms with E-state index in [1.54, 1.807) is 0 Å². The first-order valence-corrected chi connectivity index (χ1v) is 4.69. The third-order valence-electron chi connectivity index (χ3n) is 1.39. The molecular formula is C7H8ClNO3S. The van der Waals surface area contributed by atoms with E-state index in [4.69, 9.17) is 11.6 Å².